The van der Waals surface area contributed by atoms with Crippen LogP contribution in [0.2, 0.25) is 0 Å². The number of hydrogen-bond donors (Lipinski definition) is 3. The van der Waals surface area contributed by atoms with Gasteiger partial charge in [0.05, 0.1) is 12.2 Å². The van der Waals surface area contributed by atoms with Crippen LogP contribution < -0.4 is 5.32 Å². The van der Waals surface area contributed by atoms with E-state index in [1.807, 2.05) is 6.92 Å². The number of aliphatic hydroxyl groups excluding tert-OH is 2. The van der Waals surface area contributed by atoms with Crippen LogP contribution >= 0.6 is 0 Å². The van der Waals surface area contributed by atoms with Gasteiger partial charge in [0, 0.05) is 25.8 Å². The third-order valence-corrected chi connectivity index (χ3v) is 6.06. The molecule has 5 heteroatoms. The van der Waals surface area contributed by atoms with Gasteiger partial charge in [-0.25, -0.2) is 0 Å². The van der Waals surface area contributed by atoms with Crippen LogP contribution in [0.1, 0.15) is 97.3 Å². The average Bonchev–Trinajstić information content (AvgIpc) is 2.95. The van der Waals surface area contributed by atoms with Gasteiger partial charge >= 0.3 is 0 Å². The van der Waals surface area contributed by atoms with Crippen molar-refractivity contribution in [2.75, 3.05) is 6.54 Å². The molecule has 1 fully saturated rings. The lowest BCUT2D eigenvalue weighted by Gasteiger charge is -2.22. The van der Waals surface area contributed by atoms with Gasteiger partial charge in [-0.05, 0) is 57.3 Å². The molecule has 168 valence electrons. The van der Waals surface area contributed by atoms with Crippen molar-refractivity contribution in [2.45, 2.75) is 110 Å². The number of unbranched alkanes of at least 4 members (excludes halogenated alkanes) is 5. The van der Waals surface area contributed by atoms with Gasteiger partial charge in [0.2, 0.25) is 5.91 Å². The zero-order valence-electron chi connectivity index (χ0n) is 18.6. The normalized spacial score (nSPS) is 24.3. The highest BCUT2D eigenvalue weighted by Gasteiger charge is 2.40. The number of allylic oxidation sites excluding steroid dienone is 2. The van der Waals surface area contributed by atoms with Crippen molar-refractivity contribution < 1.29 is 19.8 Å². The summed E-state index contributed by atoms with van der Waals surface area (Å²) in [6.45, 7) is 4.76. The highest BCUT2D eigenvalue weighted by Crippen LogP contribution is 2.38. The number of nitrogens with one attached hydrogen (secondary N) is 1. The molecule has 1 aliphatic carbocycles. The predicted molar refractivity (Wildman–Crippen MR) is 118 cm³/mol. The lowest BCUT2D eigenvalue weighted by molar-refractivity contribution is -0.121. The molecule has 0 radical (unpaired) electrons. The number of Topliss-reactive ketones (excluding diaryl/α,β-unsaturated/α-hetero) is 1. The number of carbonyl (C=O) groups is 2. The number of rotatable bonds is 16. The zero-order valence-corrected chi connectivity index (χ0v) is 18.6. The molecule has 0 aromatic rings. The van der Waals surface area contributed by atoms with Crippen LogP contribution in [0.25, 0.3) is 0 Å². The predicted octanol–water partition coefficient (Wildman–Crippen LogP) is 4.31. The molecule has 5 nitrogen and oxygen atoms in total. The van der Waals surface area contributed by atoms with Gasteiger partial charge in [-0.1, -0.05) is 44.8 Å². The number of carbonyl (C=O) groups excluding carboxylic acids is 2. The molecule has 29 heavy (non-hydrogen) atoms. The largest absolute Gasteiger partial charge is 0.393 e. The summed E-state index contributed by atoms with van der Waals surface area (Å²) in [5, 5.41) is 23.4. The van der Waals surface area contributed by atoms with Gasteiger partial charge in [0.15, 0.2) is 0 Å². The maximum absolute atomic E-state index is 12.2. The van der Waals surface area contributed by atoms with E-state index in [9.17, 15) is 19.8 Å². The molecule has 3 N–H and O–H groups in total. The summed E-state index contributed by atoms with van der Waals surface area (Å²) in [4.78, 5) is 23.6. The van der Waals surface area contributed by atoms with Crippen molar-refractivity contribution in [3.05, 3.63) is 12.2 Å². The zero-order chi connectivity index (χ0) is 21.5. The molecule has 0 bridgehead atoms. The summed E-state index contributed by atoms with van der Waals surface area (Å²) >= 11 is 0. The molecule has 1 aliphatic rings. The van der Waals surface area contributed by atoms with Crippen LogP contribution in [-0.4, -0.2) is 40.7 Å². The van der Waals surface area contributed by atoms with Crippen molar-refractivity contribution in [3.8, 4) is 0 Å². The molecule has 0 aromatic heterocycles. The molecule has 0 aliphatic heterocycles. The van der Waals surface area contributed by atoms with Crippen molar-refractivity contribution in [3.63, 3.8) is 0 Å². The first kappa shape index (κ1) is 25.8. The maximum atomic E-state index is 12.2. The van der Waals surface area contributed by atoms with E-state index in [1.165, 1.54) is 19.3 Å². The van der Waals surface area contributed by atoms with E-state index in [2.05, 4.69) is 24.4 Å². The Morgan fingerprint density at radius 3 is 2.34 bits per heavy atom. The van der Waals surface area contributed by atoms with E-state index >= 15 is 0 Å². The lowest BCUT2D eigenvalue weighted by atomic mass is 9.86. The highest BCUT2D eigenvalue weighted by molar-refractivity contribution is 5.78. The van der Waals surface area contributed by atoms with Crippen molar-refractivity contribution in [1.29, 1.82) is 0 Å². The Morgan fingerprint density at radius 2 is 1.62 bits per heavy atom. The number of amides is 1. The Labute approximate surface area is 177 Å². The third-order valence-electron chi connectivity index (χ3n) is 6.06. The second-order valence-electron chi connectivity index (χ2n) is 8.49. The molecule has 0 saturated heterocycles. The van der Waals surface area contributed by atoms with Gasteiger partial charge < -0.3 is 15.5 Å². The van der Waals surface area contributed by atoms with Crippen molar-refractivity contribution in [2.24, 2.45) is 11.8 Å². The van der Waals surface area contributed by atoms with E-state index in [-0.39, 0.29) is 23.5 Å². The van der Waals surface area contributed by atoms with Crippen LogP contribution in [-0.2, 0) is 9.59 Å². The fourth-order valence-electron chi connectivity index (χ4n) is 4.32. The number of hydrogen-bond acceptors (Lipinski definition) is 4. The standard InChI is InChI=1S/C24H43NO4/c1-3-5-6-7-10-13-19(26)16-17-21-20(22(27)18-23(21)28)14-11-8-9-12-15-24(29)25-4-2/h8,11,20-23,27-28H,3-7,9-10,12-18H2,1-2H3,(H,25,29)/b11-8-/t20?,21-,22+,23-/m1/s1. The minimum absolute atomic E-state index is 0.00553. The molecule has 1 saturated carbocycles. The minimum atomic E-state index is -0.515. The van der Waals surface area contributed by atoms with Gasteiger partial charge in [0.1, 0.15) is 5.78 Å². The molecule has 1 unspecified atom stereocenters. The lowest BCUT2D eigenvalue weighted by Crippen LogP contribution is -2.22. The molecule has 0 aromatic carbocycles. The fourth-order valence-corrected chi connectivity index (χ4v) is 4.32. The van der Waals surface area contributed by atoms with Crippen LogP contribution in [0, 0.1) is 11.8 Å². The Morgan fingerprint density at radius 1 is 0.897 bits per heavy atom. The van der Waals surface area contributed by atoms with E-state index in [1.54, 1.807) is 0 Å². The van der Waals surface area contributed by atoms with Crippen LogP contribution in [0.15, 0.2) is 12.2 Å². The molecule has 0 spiro atoms. The first-order valence-electron chi connectivity index (χ1n) is 11.8. The number of ketones is 1. The summed E-state index contributed by atoms with van der Waals surface area (Å²) < 4.78 is 0. The summed E-state index contributed by atoms with van der Waals surface area (Å²) in [5.41, 5.74) is 0. The smallest absolute Gasteiger partial charge is 0.219 e. The number of aliphatic hydroxyl groups is 2. The molecule has 1 rings (SSSR count). The molecular weight excluding hydrogens is 366 g/mol. The maximum Gasteiger partial charge on any atom is 0.219 e. The Hall–Kier alpha value is -1.20. The Kier molecular flexibility index (Phi) is 13.9. The van der Waals surface area contributed by atoms with Gasteiger partial charge in [-0.2, -0.15) is 0 Å². The molecule has 0 heterocycles. The topological polar surface area (TPSA) is 86.6 Å². The van der Waals surface area contributed by atoms with Crippen LogP contribution in [0.5, 0.6) is 0 Å². The quantitative estimate of drug-likeness (QED) is 0.262. The molecular formula is C24H43NO4. The second kappa shape index (κ2) is 15.6. The van der Waals surface area contributed by atoms with E-state index < -0.39 is 12.2 Å². The van der Waals surface area contributed by atoms with Crippen molar-refractivity contribution >= 4 is 11.7 Å². The average molecular weight is 410 g/mol. The fraction of sp³-hybridized carbons (Fsp3) is 0.833. The van der Waals surface area contributed by atoms with Crippen molar-refractivity contribution in [1.82, 2.24) is 5.32 Å². The summed E-state index contributed by atoms with van der Waals surface area (Å²) in [6.07, 6.45) is 14.0. The summed E-state index contributed by atoms with van der Waals surface area (Å²) in [7, 11) is 0. The first-order valence-corrected chi connectivity index (χ1v) is 11.8. The Bertz CT molecular complexity index is 491. The summed E-state index contributed by atoms with van der Waals surface area (Å²) in [5.74, 6) is 0.385. The van der Waals surface area contributed by atoms with Crippen LogP contribution in [0.4, 0.5) is 0 Å². The van der Waals surface area contributed by atoms with Gasteiger partial charge in [-0.3, -0.25) is 9.59 Å². The summed E-state index contributed by atoms with van der Waals surface area (Å²) in [6, 6.07) is 0. The first-order chi connectivity index (χ1) is 14.0. The molecule has 1 amide bonds. The highest BCUT2D eigenvalue weighted by atomic mass is 16.3. The second-order valence-corrected chi connectivity index (χ2v) is 8.49. The third kappa shape index (κ3) is 10.9. The van der Waals surface area contributed by atoms with Crippen LogP contribution in [0.3, 0.4) is 0 Å². The monoisotopic (exact) mass is 409 g/mol. The van der Waals surface area contributed by atoms with E-state index in [4.69, 9.17) is 0 Å². The van der Waals surface area contributed by atoms with E-state index in [0.29, 0.717) is 38.6 Å². The molecule has 4 atom stereocenters. The van der Waals surface area contributed by atoms with Gasteiger partial charge in [0.25, 0.3) is 0 Å². The Balaban J connectivity index is 2.30. The SMILES string of the molecule is CCCCCCCC(=O)CC[C@@H]1C(C/C=C\CCCC(=O)NCC)[C@@H](O)C[C@H]1O. The van der Waals surface area contributed by atoms with Gasteiger partial charge in [-0.15, -0.1) is 0 Å². The van der Waals surface area contributed by atoms with E-state index in [0.717, 1.165) is 32.1 Å². The minimum Gasteiger partial charge on any atom is -0.393 e.